The zero-order chi connectivity index (χ0) is 21.1. The molecule has 1 aromatic carbocycles. The Morgan fingerprint density at radius 1 is 1.17 bits per heavy atom. The number of nitrogens with one attached hydrogen (secondary N) is 2. The van der Waals surface area contributed by atoms with Gasteiger partial charge in [0.05, 0.1) is 18.4 Å². The second kappa shape index (κ2) is 8.27. The summed E-state index contributed by atoms with van der Waals surface area (Å²) in [4.78, 5) is 8.82. The highest BCUT2D eigenvalue weighted by Gasteiger charge is 2.29. The number of hydrogen-bond acceptors (Lipinski definition) is 9. The lowest BCUT2D eigenvalue weighted by atomic mass is 9.94. The quantitative estimate of drug-likeness (QED) is 0.448. The van der Waals surface area contributed by atoms with Gasteiger partial charge < -0.3 is 21.5 Å². The lowest BCUT2D eigenvalue weighted by molar-refractivity contribution is 0.0457. The smallest absolute Gasteiger partial charge is 0.211 e. The molecule has 0 radical (unpaired) electrons. The second-order valence-corrected chi connectivity index (χ2v) is 7.36. The first kappa shape index (κ1) is 19.5. The number of benzene rings is 1. The average molecular weight is 402 g/mol. The summed E-state index contributed by atoms with van der Waals surface area (Å²) < 4.78 is 5.98. The van der Waals surface area contributed by atoms with Gasteiger partial charge in [0.1, 0.15) is 29.3 Å². The van der Waals surface area contributed by atoms with Gasteiger partial charge in [-0.3, -0.25) is 5.32 Å². The van der Waals surface area contributed by atoms with Crippen molar-refractivity contribution >= 4 is 23.3 Å². The molecule has 0 amide bonds. The van der Waals surface area contributed by atoms with Gasteiger partial charge in [0, 0.05) is 5.56 Å². The van der Waals surface area contributed by atoms with E-state index in [2.05, 4.69) is 20.6 Å². The van der Waals surface area contributed by atoms with Crippen LogP contribution in [0, 0.1) is 22.8 Å². The normalized spacial score (nSPS) is 17.9. The van der Waals surface area contributed by atoms with E-state index in [1.807, 2.05) is 36.5 Å². The van der Waals surface area contributed by atoms with E-state index >= 15 is 0 Å². The number of aromatic nitrogens is 1. The van der Waals surface area contributed by atoms with Crippen molar-refractivity contribution in [3.63, 3.8) is 0 Å². The molecule has 1 fully saturated rings. The van der Waals surface area contributed by atoms with E-state index in [-0.39, 0.29) is 23.0 Å². The molecule has 0 saturated heterocycles. The third kappa shape index (κ3) is 3.71. The molecule has 1 atom stereocenters. The number of guanidine groups is 1. The highest BCUT2D eigenvalue weighted by atomic mass is 16.5. The molecule has 152 valence electrons. The fraction of sp³-hybridized carbons (Fsp3) is 0.333. The van der Waals surface area contributed by atoms with Crippen LogP contribution in [0.25, 0.3) is 0 Å². The van der Waals surface area contributed by atoms with Gasteiger partial charge in [0.2, 0.25) is 5.96 Å². The predicted molar refractivity (Wildman–Crippen MR) is 113 cm³/mol. The standard InChI is InChI=1S/C21H22N8O/c22-9-15-17(24)16-18(27-21(26-11-23)29-20(16)28-19(15)25)13-7-5-12(6-8-13)10-30-14-3-1-2-4-14/h5-8,14,18H,1-4,10H2,(H6,24,25,26,27,28,29). The zero-order valence-corrected chi connectivity index (χ0v) is 16.4. The van der Waals surface area contributed by atoms with Crippen LogP contribution in [0.15, 0.2) is 29.3 Å². The minimum atomic E-state index is -0.540. The number of pyridine rings is 1. The first-order valence-corrected chi connectivity index (χ1v) is 9.80. The summed E-state index contributed by atoms with van der Waals surface area (Å²) in [5.74, 6) is 0.632. The number of nitriles is 2. The van der Waals surface area contributed by atoms with Gasteiger partial charge in [-0.25, -0.2) is 9.98 Å². The van der Waals surface area contributed by atoms with Crippen LogP contribution >= 0.6 is 0 Å². The largest absolute Gasteiger partial charge is 0.397 e. The molecular weight excluding hydrogens is 380 g/mol. The molecule has 30 heavy (non-hydrogen) atoms. The molecule has 9 heteroatoms. The van der Waals surface area contributed by atoms with Crippen LogP contribution in [0.5, 0.6) is 0 Å². The number of anilines is 3. The van der Waals surface area contributed by atoms with Crippen molar-refractivity contribution in [2.24, 2.45) is 4.99 Å². The highest BCUT2D eigenvalue weighted by Crippen LogP contribution is 2.40. The Morgan fingerprint density at radius 2 is 1.90 bits per heavy atom. The molecule has 4 rings (SSSR count). The number of aliphatic imine (C=N–C) groups is 1. The summed E-state index contributed by atoms with van der Waals surface area (Å²) >= 11 is 0. The van der Waals surface area contributed by atoms with E-state index in [4.69, 9.17) is 21.5 Å². The Morgan fingerprint density at radius 3 is 2.57 bits per heavy atom. The first-order valence-electron chi connectivity index (χ1n) is 9.80. The molecule has 1 aliphatic heterocycles. The fourth-order valence-electron chi connectivity index (χ4n) is 3.89. The molecule has 2 aliphatic rings. The molecule has 6 N–H and O–H groups in total. The molecular formula is C21H22N8O. The van der Waals surface area contributed by atoms with Crippen molar-refractivity contribution in [1.82, 2.24) is 10.3 Å². The summed E-state index contributed by atoms with van der Waals surface area (Å²) in [6, 6.07) is 9.34. The second-order valence-electron chi connectivity index (χ2n) is 7.36. The molecule has 0 bridgehead atoms. The molecule has 1 saturated carbocycles. The zero-order valence-electron chi connectivity index (χ0n) is 16.4. The van der Waals surface area contributed by atoms with Crippen molar-refractivity contribution in [1.29, 1.82) is 10.5 Å². The summed E-state index contributed by atoms with van der Waals surface area (Å²) in [5, 5.41) is 23.8. The maximum Gasteiger partial charge on any atom is 0.211 e. The van der Waals surface area contributed by atoms with Crippen molar-refractivity contribution in [2.45, 2.75) is 44.4 Å². The summed E-state index contributed by atoms with van der Waals surface area (Å²) in [6.07, 6.45) is 6.93. The monoisotopic (exact) mass is 402 g/mol. The molecule has 1 aliphatic carbocycles. The van der Waals surface area contributed by atoms with E-state index in [0.29, 0.717) is 24.1 Å². The van der Waals surface area contributed by atoms with E-state index in [1.54, 1.807) is 0 Å². The van der Waals surface area contributed by atoms with E-state index in [0.717, 1.165) is 24.0 Å². The Kier molecular flexibility index (Phi) is 5.38. The van der Waals surface area contributed by atoms with Crippen LogP contribution in [0.4, 0.5) is 17.3 Å². The minimum absolute atomic E-state index is 0.0256. The third-order valence-electron chi connectivity index (χ3n) is 5.44. The SMILES string of the molecule is N#CNC1=NC(c2ccc(COC3CCCC3)cc2)c2c(nc(N)c(C#N)c2N)N1. The maximum absolute atomic E-state index is 9.40. The van der Waals surface area contributed by atoms with Gasteiger partial charge in [-0.15, -0.1) is 0 Å². The van der Waals surface area contributed by atoms with Gasteiger partial charge in [-0.2, -0.15) is 10.5 Å². The predicted octanol–water partition coefficient (Wildman–Crippen LogP) is 2.52. The Hall–Kier alpha value is -3.82. The minimum Gasteiger partial charge on any atom is -0.397 e. The lowest BCUT2D eigenvalue weighted by Crippen LogP contribution is -2.32. The molecule has 0 spiro atoms. The lowest BCUT2D eigenvalue weighted by Gasteiger charge is -2.26. The summed E-state index contributed by atoms with van der Waals surface area (Å²) in [5.41, 5.74) is 14.9. The molecule has 2 heterocycles. The van der Waals surface area contributed by atoms with Crippen molar-refractivity contribution in [2.75, 3.05) is 16.8 Å². The van der Waals surface area contributed by atoms with Crippen LogP contribution in [-0.4, -0.2) is 17.0 Å². The van der Waals surface area contributed by atoms with Crippen LogP contribution in [0.2, 0.25) is 0 Å². The van der Waals surface area contributed by atoms with Crippen LogP contribution in [0.1, 0.15) is 54.0 Å². The maximum atomic E-state index is 9.40. The molecule has 9 nitrogen and oxygen atoms in total. The fourth-order valence-corrected chi connectivity index (χ4v) is 3.89. The van der Waals surface area contributed by atoms with Gasteiger partial charge in [0.25, 0.3) is 0 Å². The van der Waals surface area contributed by atoms with Gasteiger partial charge in [-0.1, -0.05) is 37.1 Å². The van der Waals surface area contributed by atoms with E-state index in [1.165, 1.54) is 12.8 Å². The third-order valence-corrected chi connectivity index (χ3v) is 5.44. The first-order chi connectivity index (χ1) is 14.6. The van der Waals surface area contributed by atoms with Crippen LogP contribution in [-0.2, 0) is 11.3 Å². The number of fused-ring (bicyclic) bond motifs is 1. The number of hydrogen-bond donors (Lipinski definition) is 4. The molecule has 2 aromatic rings. The molecule has 1 aromatic heterocycles. The number of nitrogen functional groups attached to an aromatic ring is 2. The van der Waals surface area contributed by atoms with Crippen molar-refractivity contribution in [3.8, 4) is 12.3 Å². The van der Waals surface area contributed by atoms with Crippen molar-refractivity contribution in [3.05, 3.63) is 46.5 Å². The highest BCUT2D eigenvalue weighted by molar-refractivity contribution is 5.98. The van der Waals surface area contributed by atoms with Gasteiger partial charge >= 0.3 is 0 Å². The Labute approximate surface area is 174 Å². The number of nitrogens with zero attached hydrogens (tertiary/aromatic N) is 4. The van der Waals surface area contributed by atoms with Gasteiger partial charge in [0.15, 0.2) is 6.19 Å². The number of nitrogens with two attached hydrogens (primary N) is 2. The Balaban J connectivity index is 1.65. The van der Waals surface area contributed by atoms with Gasteiger partial charge in [-0.05, 0) is 24.0 Å². The van der Waals surface area contributed by atoms with Crippen LogP contribution < -0.4 is 22.1 Å². The van der Waals surface area contributed by atoms with E-state index < -0.39 is 6.04 Å². The van der Waals surface area contributed by atoms with E-state index in [9.17, 15) is 5.26 Å². The van der Waals surface area contributed by atoms with Crippen LogP contribution in [0.3, 0.4) is 0 Å². The Bertz CT molecular complexity index is 1060. The number of ether oxygens (including phenoxy) is 1. The number of rotatable bonds is 4. The molecule has 1 unspecified atom stereocenters. The van der Waals surface area contributed by atoms with Crippen molar-refractivity contribution < 1.29 is 4.74 Å². The average Bonchev–Trinajstić information content (AvgIpc) is 3.26. The summed E-state index contributed by atoms with van der Waals surface area (Å²) in [7, 11) is 0. The topological polar surface area (TPSA) is 158 Å². The summed E-state index contributed by atoms with van der Waals surface area (Å²) in [6.45, 7) is 0.567.